The Balaban J connectivity index is 1.56. The van der Waals surface area contributed by atoms with Crippen molar-refractivity contribution < 1.29 is 14.3 Å². The molecule has 3 aromatic carbocycles. The maximum absolute atomic E-state index is 13.3. The minimum atomic E-state index is -1.11. The largest absolute Gasteiger partial charge is 0.348 e. The van der Waals surface area contributed by atoms with Crippen molar-refractivity contribution >= 4 is 5.78 Å². The molecule has 1 heterocycles. The van der Waals surface area contributed by atoms with Crippen LogP contribution in [-0.4, -0.2) is 25.8 Å². The molecule has 172 valence electrons. The van der Waals surface area contributed by atoms with Gasteiger partial charge in [-0.05, 0) is 30.0 Å². The topological polar surface area (TPSA) is 60.2 Å². The number of ketones is 1. The minimum absolute atomic E-state index is 0.00971. The van der Waals surface area contributed by atoms with E-state index < -0.39 is 16.9 Å². The summed E-state index contributed by atoms with van der Waals surface area (Å²) in [6.45, 7) is 0. The van der Waals surface area contributed by atoms with Gasteiger partial charge in [0, 0.05) is 37.2 Å². The summed E-state index contributed by atoms with van der Waals surface area (Å²) in [6.07, 6.45) is 3.17. The molecule has 34 heavy (non-hydrogen) atoms. The van der Waals surface area contributed by atoms with Gasteiger partial charge in [0.2, 0.25) is 5.79 Å². The number of ether oxygens (including phenoxy) is 2. The normalized spacial score (nSPS) is 30.4. The molecule has 0 aromatic heterocycles. The first kappa shape index (κ1) is 21.4. The number of fused-ring (bicyclic) bond motifs is 5. The van der Waals surface area contributed by atoms with Crippen molar-refractivity contribution in [2.75, 3.05) is 14.2 Å². The van der Waals surface area contributed by atoms with Gasteiger partial charge in [0.1, 0.15) is 0 Å². The lowest BCUT2D eigenvalue weighted by Crippen LogP contribution is -2.58. The maximum Gasteiger partial charge on any atom is 0.232 e. The van der Waals surface area contributed by atoms with Gasteiger partial charge < -0.3 is 9.47 Å². The minimum Gasteiger partial charge on any atom is -0.348 e. The molecule has 0 spiro atoms. The number of carbonyl (C=O) groups excluding carboxylic acids is 1. The van der Waals surface area contributed by atoms with Crippen LogP contribution >= 0.6 is 0 Å². The second-order valence-electron chi connectivity index (χ2n) is 9.54. The fourth-order valence-electron chi connectivity index (χ4n) is 7.15. The third kappa shape index (κ3) is 2.44. The first-order valence-corrected chi connectivity index (χ1v) is 11.9. The number of benzene rings is 3. The summed E-state index contributed by atoms with van der Waals surface area (Å²) in [5, 5.41) is 10.0. The van der Waals surface area contributed by atoms with E-state index in [0.29, 0.717) is 11.1 Å². The Morgan fingerprint density at radius 2 is 1.26 bits per heavy atom. The highest BCUT2D eigenvalue weighted by molar-refractivity contribution is 6.09. The molecule has 0 amide bonds. The number of carbonyl (C=O) groups is 1. The first-order chi connectivity index (χ1) is 16.6. The quantitative estimate of drug-likeness (QED) is 0.346. The van der Waals surface area contributed by atoms with Gasteiger partial charge in [0.15, 0.2) is 16.9 Å². The summed E-state index contributed by atoms with van der Waals surface area (Å²) in [6, 6.07) is 27.5. The highest BCUT2D eigenvalue weighted by atomic mass is 16.7. The fraction of sp³-hybridized carbons (Fsp3) is 0.345. The van der Waals surface area contributed by atoms with E-state index in [1.807, 2.05) is 66.7 Å². The van der Waals surface area contributed by atoms with Crippen LogP contribution in [0.15, 0.2) is 95.2 Å². The third-order valence-electron chi connectivity index (χ3n) is 8.35. The molecule has 4 atom stereocenters. The van der Waals surface area contributed by atoms with Crippen LogP contribution in [0, 0.1) is 11.8 Å². The Morgan fingerprint density at radius 1 is 0.735 bits per heavy atom. The van der Waals surface area contributed by atoms with Crippen molar-refractivity contribution in [1.29, 1.82) is 0 Å². The van der Waals surface area contributed by atoms with Crippen molar-refractivity contribution in [2.24, 2.45) is 22.1 Å². The lowest BCUT2D eigenvalue weighted by molar-refractivity contribution is -0.263. The highest BCUT2D eigenvalue weighted by Crippen LogP contribution is 2.75. The number of azo groups is 1. The molecule has 0 N–H and O–H groups in total. The zero-order valence-electron chi connectivity index (χ0n) is 19.5. The molecular formula is C29H28N2O3. The van der Waals surface area contributed by atoms with Crippen molar-refractivity contribution in [3.8, 4) is 0 Å². The molecule has 0 radical (unpaired) electrons. The van der Waals surface area contributed by atoms with E-state index in [1.54, 1.807) is 14.2 Å². The zero-order chi connectivity index (χ0) is 23.4. The third-order valence-corrected chi connectivity index (χ3v) is 8.35. The molecule has 5 nitrogen and oxygen atoms in total. The van der Waals surface area contributed by atoms with E-state index in [0.717, 1.165) is 30.4 Å². The molecule has 3 aliphatic rings. The van der Waals surface area contributed by atoms with Gasteiger partial charge in [-0.1, -0.05) is 85.3 Å². The van der Waals surface area contributed by atoms with Crippen molar-refractivity contribution in [3.05, 3.63) is 107 Å². The molecule has 0 saturated heterocycles. The van der Waals surface area contributed by atoms with Crippen LogP contribution in [0.5, 0.6) is 0 Å². The molecule has 5 heteroatoms. The molecule has 1 aliphatic heterocycles. The summed E-state index contributed by atoms with van der Waals surface area (Å²) < 4.78 is 12.8. The lowest BCUT2D eigenvalue weighted by Gasteiger charge is -2.44. The molecular weight excluding hydrogens is 424 g/mol. The molecule has 3 aromatic rings. The van der Waals surface area contributed by atoms with Crippen molar-refractivity contribution in [2.45, 2.75) is 36.1 Å². The summed E-state index contributed by atoms with van der Waals surface area (Å²) in [5.74, 6) is -0.677. The summed E-state index contributed by atoms with van der Waals surface area (Å²) in [5.41, 5.74) is 1.72. The average molecular weight is 453 g/mol. The van der Waals surface area contributed by atoms with Gasteiger partial charge in [-0.15, -0.1) is 0 Å². The number of hydrogen-bond acceptors (Lipinski definition) is 5. The Kier molecular flexibility index (Phi) is 4.84. The number of methoxy groups -OCH3 is 2. The zero-order valence-corrected chi connectivity index (χ0v) is 19.5. The van der Waals surface area contributed by atoms with Gasteiger partial charge in [0.05, 0.1) is 0 Å². The molecule has 0 unspecified atom stereocenters. The number of hydrogen-bond donors (Lipinski definition) is 0. The summed E-state index contributed by atoms with van der Waals surface area (Å²) >= 11 is 0. The first-order valence-electron chi connectivity index (χ1n) is 11.9. The monoisotopic (exact) mass is 452 g/mol. The standard InChI is InChI=1S/C29H28N2O3/c1-33-29(34-2)27(22-14-7-4-8-15-22)24-17-10-18-25(24)28(29,31-30-27)23-16-9-13-21(19-23)26(32)20-11-5-3-6-12-20/h3-9,11-16,19,24-25H,10,17-18H2,1-2H3/t24-,25+,27-,28+/m0/s1. The van der Waals surface area contributed by atoms with Gasteiger partial charge in [-0.2, -0.15) is 10.2 Å². The van der Waals surface area contributed by atoms with E-state index >= 15 is 0 Å². The van der Waals surface area contributed by atoms with E-state index in [-0.39, 0.29) is 17.6 Å². The molecule has 6 rings (SSSR count). The lowest BCUT2D eigenvalue weighted by atomic mass is 9.74. The highest BCUT2D eigenvalue weighted by Gasteiger charge is 2.84. The smallest absolute Gasteiger partial charge is 0.232 e. The van der Waals surface area contributed by atoms with E-state index in [2.05, 4.69) is 18.2 Å². The second-order valence-corrected chi connectivity index (χ2v) is 9.54. The van der Waals surface area contributed by atoms with E-state index in [4.69, 9.17) is 19.7 Å². The van der Waals surface area contributed by atoms with Gasteiger partial charge in [-0.25, -0.2) is 0 Å². The van der Waals surface area contributed by atoms with Crippen LogP contribution < -0.4 is 0 Å². The van der Waals surface area contributed by atoms with E-state index in [9.17, 15) is 4.79 Å². The van der Waals surface area contributed by atoms with E-state index in [1.165, 1.54) is 0 Å². The molecule has 2 fully saturated rings. The number of rotatable bonds is 6. The van der Waals surface area contributed by atoms with Crippen molar-refractivity contribution in [1.82, 2.24) is 0 Å². The summed E-state index contributed by atoms with van der Waals surface area (Å²) in [7, 11) is 3.40. The Bertz CT molecular complexity index is 1250. The average Bonchev–Trinajstić information content (AvgIpc) is 3.57. The molecule has 2 bridgehead atoms. The second kappa shape index (κ2) is 7.69. The van der Waals surface area contributed by atoms with Crippen LogP contribution in [0.2, 0.25) is 0 Å². The van der Waals surface area contributed by atoms with Gasteiger partial charge in [0.25, 0.3) is 0 Å². The predicted molar refractivity (Wildman–Crippen MR) is 129 cm³/mol. The Hall–Kier alpha value is -3.15. The summed E-state index contributed by atoms with van der Waals surface area (Å²) in [4.78, 5) is 13.3. The van der Waals surface area contributed by atoms with Crippen molar-refractivity contribution in [3.63, 3.8) is 0 Å². The van der Waals surface area contributed by atoms with Crippen LogP contribution in [0.4, 0.5) is 0 Å². The van der Waals surface area contributed by atoms with Gasteiger partial charge in [-0.3, -0.25) is 4.79 Å². The fourth-order valence-corrected chi connectivity index (χ4v) is 7.15. The Labute approximate surface area is 199 Å². The molecule has 2 aliphatic carbocycles. The predicted octanol–water partition coefficient (Wildman–Crippen LogP) is 5.89. The molecule has 2 saturated carbocycles. The SMILES string of the molecule is COC1(OC)[C@]2(c3cccc(C(=O)c4ccccc4)c3)N=N[C@@]1(c1ccccc1)[C@H]1CCC[C@H]12. The van der Waals surface area contributed by atoms with Crippen LogP contribution in [0.3, 0.4) is 0 Å². The maximum atomic E-state index is 13.3. The Morgan fingerprint density at radius 3 is 1.88 bits per heavy atom. The van der Waals surface area contributed by atoms with Crippen LogP contribution in [0.25, 0.3) is 0 Å². The number of nitrogens with zero attached hydrogens (tertiary/aromatic N) is 2. The van der Waals surface area contributed by atoms with Gasteiger partial charge >= 0.3 is 0 Å². The van der Waals surface area contributed by atoms with Crippen LogP contribution in [-0.2, 0) is 20.6 Å². The van der Waals surface area contributed by atoms with Crippen LogP contribution in [0.1, 0.15) is 46.3 Å².